The number of carbonyl (C=O) groups excluding carboxylic acids is 1. The second-order valence-electron chi connectivity index (χ2n) is 8.64. The zero-order chi connectivity index (χ0) is 24.5. The van der Waals surface area contributed by atoms with Crippen LogP contribution in [0.3, 0.4) is 0 Å². The van der Waals surface area contributed by atoms with E-state index in [1.165, 1.54) is 30.2 Å². The second kappa shape index (κ2) is 9.50. The van der Waals surface area contributed by atoms with Crippen LogP contribution in [-0.2, 0) is 4.79 Å². The summed E-state index contributed by atoms with van der Waals surface area (Å²) in [4.78, 5) is 21.7. The molecule has 1 aromatic carbocycles. The molecule has 1 amide bonds. The van der Waals surface area contributed by atoms with Gasteiger partial charge >= 0.3 is 0 Å². The molecular formula is C25H24FN7OS. The lowest BCUT2D eigenvalue weighted by atomic mass is 10.2. The van der Waals surface area contributed by atoms with Gasteiger partial charge in [-0.3, -0.25) is 4.79 Å². The van der Waals surface area contributed by atoms with Gasteiger partial charge in [0.25, 0.3) is 0 Å². The Labute approximate surface area is 206 Å². The summed E-state index contributed by atoms with van der Waals surface area (Å²) < 4.78 is 17.1. The van der Waals surface area contributed by atoms with E-state index < -0.39 is 0 Å². The number of amides is 1. The van der Waals surface area contributed by atoms with E-state index in [9.17, 15) is 14.4 Å². The Morgan fingerprint density at radius 2 is 1.97 bits per heavy atom. The largest absolute Gasteiger partial charge is 0.327 e. The van der Waals surface area contributed by atoms with Crippen LogP contribution in [0.4, 0.5) is 10.2 Å². The predicted octanol–water partition coefficient (Wildman–Crippen LogP) is 5.09. The fraction of sp³-hybridized carbons (Fsp3) is 0.320. The molecule has 3 heterocycles. The summed E-state index contributed by atoms with van der Waals surface area (Å²) in [5.41, 5.74) is 3.71. The number of fused-ring (bicyclic) bond motifs is 1. The van der Waals surface area contributed by atoms with Crippen LogP contribution in [0.5, 0.6) is 0 Å². The fourth-order valence-electron chi connectivity index (χ4n) is 4.72. The SMILES string of the molecule is Cc1c(C#N)c(NC(=O)CSc2ncnc3c2cnn3-c2ccc(F)cc2)n(C2CCCC2)c1C. The number of halogens is 1. The second-order valence-corrected chi connectivity index (χ2v) is 9.60. The molecule has 178 valence electrons. The minimum Gasteiger partial charge on any atom is -0.327 e. The Morgan fingerprint density at radius 1 is 1.23 bits per heavy atom. The molecule has 8 nitrogen and oxygen atoms in total. The normalized spacial score (nSPS) is 13.9. The van der Waals surface area contributed by atoms with Gasteiger partial charge in [0.05, 0.1) is 28.6 Å². The number of rotatable bonds is 6. The van der Waals surface area contributed by atoms with Crippen LogP contribution in [0.15, 0.2) is 41.8 Å². The maximum Gasteiger partial charge on any atom is 0.235 e. The number of aromatic nitrogens is 5. The Morgan fingerprint density at radius 3 is 2.69 bits per heavy atom. The van der Waals surface area contributed by atoms with E-state index >= 15 is 0 Å². The smallest absolute Gasteiger partial charge is 0.235 e. The highest BCUT2D eigenvalue weighted by atomic mass is 32.2. The summed E-state index contributed by atoms with van der Waals surface area (Å²) in [5, 5.41) is 18.5. The van der Waals surface area contributed by atoms with Crippen molar-refractivity contribution in [3.8, 4) is 11.8 Å². The average Bonchev–Trinajstić information content (AvgIpc) is 3.58. The zero-order valence-electron chi connectivity index (χ0n) is 19.5. The molecule has 0 radical (unpaired) electrons. The average molecular weight is 490 g/mol. The standard InChI is InChI=1S/C25H24FN7OS/c1-15-16(2)32(18-5-3-4-6-18)24(20(15)11-27)31-22(34)13-35-25-21-12-30-33(23(21)28-14-29-25)19-9-7-17(26)8-10-19/h7-10,12,14,18H,3-6,13H2,1-2H3,(H,31,34). The van der Waals surface area contributed by atoms with Crippen molar-refractivity contribution in [2.75, 3.05) is 11.1 Å². The molecule has 1 N–H and O–H groups in total. The molecule has 10 heteroatoms. The summed E-state index contributed by atoms with van der Waals surface area (Å²) in [5.74, 6) is 0.177. The Balaban J connectivity index is 1.36. The highest BCUT2D eigenvalue weighted by Gasteiger charge is 2.26. The Bertz CT molecular complexity index is 1450. The summed E-state index contributed by atoms with van der Waals surface area (Å²) in [6, 6.07) is 8.56. The van der Waals surface area contributed by atoms with Crippen LogP contribution < -0.4 is 5.32 Å². The Hall–Kier alpha value is -3.71. The van der Waals surface area contributed by atoms with Crippen LogP contribution in [0.1, 0.15) is 48.5 Å². The van der Waals surface area contributed by atoms with Gasteiger partial charge in [-0.05, 0) is 56.5 Å². The lowest BCUT2D eigenvalue weighted by Gasteiger charge is -2.19. The molecule has 3 aromatic heterocycles. The molecule has 0 spiro atoms. The third-order valence-corrected chi connectivity index (χ3v) is 7.56. The first kappa shape index (κ1) is 23.1. The minimum atomic E-state index is -0.328. The molecule has 4 aromatic rings. The highest BCUT2D eigenvalue weighted by molar-refractivity contribution is 8.00. The van der Waals surface area contributed by atoms with E-state index in [4.69, 9.17) is 0 Å². The zero-order valence-corrected chi connectivity index (χ0v) is 20.3. The molecule has 0 unspecified atom stereocenters. The molecule has 0 bridgehead atoms. The first-order valence-electron chi connectivity index (χ1n) is 11.5. The number of nitriles is 1. The van der Waals surface area contributed by atoms with Gasteiger partial charge in [0.1, 0.15) is 29.1 Å². The first-order chi connectivity index (χ1) is 17.0. The van der Waals surface area contributed by atoms with Gasteiger partial charge in [0.2, 0.25) is 5.91 Å². The number of nitrogens with one attached hydrogen (secondary N) is 1. The van der Waals surface area contributed by atoms with Crippen LogP contribution in [-0.4, -0.2) is 36.0 Å². The van der Waals surface area contributed by atoms with Gasteiger partial charge in [-0.2, -0.15) is 10.4 Å². The van der Waals surface area contributed by atoms with Gasteiger partial charge in [-0.15, -0.1) is 0 Å². The number of nitrogens with zero attached hydrogens (tertiary/aromatic N) is 6. The van der Waals surface area contributed by atoms with Crippen molar-refractivity contribution in [1.82, 2.24) is 24.3 Å². The summed E-state index contributed by atoms with van der Waals surface area (Å²) >= 11 is 1.28. The van der Waals surface area contributed by atoms with Crippen LogP contribution in [0.25, 0.3) is 16.7 Å². The third-order valence-electron chi connectivity index (χ3n) is 6.56. The maximum absolute atomic E-state index is 13.3. The molecule has 1 aliphatic rings. The van der Waals surface area contributed by atoms with Crippen LogP contribution in [0.2, 0.25) is 0 Å². The van der Waals surface area contributed by atoms with E-state index in [0.29, 0.717) is 39.2 Å². The van der Waals surface area contributed by atoms with Crippen molar-refractivity contribution in [3.63, 3.8) is 0 Å². The number of hydrogen-bond donors (Lipinski definition) is 1. The summed E-state index contributed by atoms with van der Waals surface area (Å²) in [6.07, 6.45) is 7.48. The van der Waals surface area contributed by atoms with Gasteiger partial charge in [-0.1, -0.05) is 24.6 Å². The van der Waals surface area contributed by atoms with Crippen LogP contribution >= 0.6 is 11.8 Å². The van der Waals surface area contributed by atoms with Crippen molar-refractivity contribution in [1.29, 1.82) is 5.26 Å². The maximum atomic E-state index is 13.3. The number of anilines is 1. The summed E-state index contributed by atoms with van der Waals surface area (Å²) in [6.45, 7) is 3.94. The van der Waals surface area contributed by atoms with Crippen LogP contribution in [0, 0.1) is 31.0 Å². The van der Waals surface area contributed by atoms with Gasteiger partial charge in [0, 0.05) is 11.7 Å². The molecule has 0 atom stereocenters. The topological polar surface area (TPSA) is 101 Å². The third kappa shape index (κ3) is 4.28. The van der Waals surface area contributed by atoms with Gasteiger partial charge in [0.15, 0.2) is 5.65 Å². The molecule has 1 fully saturated rings. The van der Waals surface area contributed by atoms with E-state index in [0.717, 1.165) is 36.9 Å². The fourth-order valence-corrected chi connectivity index (χ4v) is 5.48. The van der Waals surface area contributed by atoms with E-state index in [-0.39, 0.29) is 17.5 Å². The summed E-state index contributed by atoms with van der Waals surface area (Å²) in [7, 11) is 0. The lowest BCUT2D eigenvalue weighted by molar-refractivity contribution is -0.113. The number of benzene rings is 1. The van der Waals surface area contributed by atoms with Gasteiger partial charge in [-0.25, -0.2) is 19.0 Å². The van der Waals surface area contributed by atoms with E-state index in [1.807, 2.05) is 13.8 Å². The number of hydrogen-bond acceptors (Lipinski definition) is 6. The van der Waals surface area contributed by atoms with Gasteiger partial charge < -0.3 is 9.88 Å². The molecule has 35 heavy (non-hydrogen) atoms. The molecule has 1 aliphatic carbocycles. The Kier molecular flexibility index (Phi) is 6.26. The first-order valence-corrected chi connectivity index (χ1v) is 12.4. The molecule has 0 saturated heterocycles. The lowest BCUT2D eigenvalue weighted by Crippen LogP contribution is -2.19. The number of carbonyl (C=O) groups is 1. The molecule has 0 aliphatic heterocycles. The molecular weight excluding hydrogens is 465 g/mol. The quantitative estimate of drug-likeness (QED) is 0.299. The highest BCUT2D eigenvalue weighted by Crippen LogP contribution is 2.38. The molecule has 1 saturated carbocycles. The molecule has 5 rings (SSSR count). The monoisotopic (exact) mass is 489 g/mol. The van der Waals surface area contributed by atoms with Crippen molar-refractivity contribution in [2.24, 2.45) is 0 Å². The predicted molar refractivity (Wildman–Crippen MR) is 132 cm³/mol. The van der Waals surface area contributed by atoms with Crippen molar-refractivity contribution < 1.29 is 9.18 Å². The van der Waals surface area contributed by atoms with E-state index in [1.54, 1.807) is 23.0 Å². The van der Waals surface area contributed by atoms with Crippen molar-refractivity contribution in [2.45, 2.75) is 50.6 Å². The number of thioether (sulfide) groups is 1. The van der Waals surface area contributed by atoms with Crippen molar-refractivity contribution in [3.05, 3.63) is 59.4 Å². The van der Waals surface area contributed by atoms with E-state index in [2.05, 4.69) is 31.0 Å². The minimum absolute atomic E-state index is 0.118. The van der Waals surface area contributed by atoms with Crippen molar-refractivity contribution >= 4 is 34.5 Å².